The predicted octanol–water partition coefficient (Wildman–Crippen LogP) is 1.04. The van der Waals surface area contributed by atoms with Crippen LogP contribution in [0.5, 0.6) is 0 Å². The summed E-state index contributed by atoms with van der Waals surface area (Å²) in [5, 5.41) is 17.0. The van der Waals surface area contributed by atoms with Crippen LogP contribution in [0.2, 0.25) is 0 Å². The van der Waals surface area contributed by atoms with Crippen LogP contribution >= 0.6 is 0 Å². The Labute approximate surface area is 75.2 Å². The quantitative estimate of drug-likeness (QED) is 0.599. The van der Waals surface area contributed by atoms with Gasteiger partial charge in [0.2, 0.25) is 0 Å². The van der Waals surface area contributed by atoms with Crippen molar-refractivity contribution < 1.29 is 9.50 Å². The third-order valence-corrected chi connectivity index (χ3v) is 1.43. The van der Waals surface area contributed by atoms with Gasteiger partial charge in [0.15, 0.2) is 0 Å². The number of benzene rings is 1. The highest BCUT2D eigenvalue weighted by atomic mass is 19.1. The topological polar surface area (TPSA) is 44.0 Å². The number of aliphatic hydroxyl groups excluding tert-OH is 1. The predicted molar refractivity (Wildman–Crippen MR) is 45.1 cm³/mol. The van der Waals surface area contributed by atoms with Crippen LogP contribution < -0.4 is 0 Å². The highest BCUT2D eigenvalue weighted by Crippen LogP contribution is 2.10. The van der Waals surface area contributed by atoms with Crippen LogP contribution in [0.4, 0.5) is 4.39 Å². The maximum absolute atomic E-state index is 12.9. The lowest BCUT2D eigenvalue weighted by Gasteiger charge is -1.95. The zero-order chi connectivity index (χ0) is 9.68. The van der Waals surface area contributed by atoms with E-state index < -0.39 is 5.82 Å². The molecule has 13 heavy (non-hydrogen) atoms. The number of hydrogen-bond donors (Lipinski definition) is 1. The van der Waals surface area contributed by atoms with Crippen LogP contribution in [0.25, 0.3) is 0 Å². The van der Waals surface area contributed by atoms with E-state index in [1.165, 1.54) is 18.2 Å². The molecule has 1 aromatic rings. The average molecular weight is 175 g/mol. The summed E-state index contributed by atoms with van der Waals surface area (Å²) < 4.78 is 12.9. The van der Waals surface area contributed by atoms with Crippen molar-refractivity contribution in [3.63, 3.8) is 0 Å². The summed E-state index contributed by atoms with van der Waals surface area (Å²) in [6, 6.07) is 5.91. The number of halogens is 1. The van der Waals surface area contributed by atoms with Gasteiger partial charge in [-0.1, -0.05) is 17.9 Å². The first-order valence-electron chi connectivity index (χ1n) is 3.58. The van der Waals surface area contributed by atoms with E-state index in [0.29, 0.717) is 5.56 Å². The van der Waals surface area contributed by atoms with E-state index in [0.717, 1.165) is 0 Å². The minimum atomic E-state index is -0.591. The van der Waals surface area contributed by atoms with Gasteiger partial charge in [0.1, 0.15) is 24.1 Å². The van der Waals surface area contributed by atoms with Crippen LogP contribution in [-0.4, -0.2) is 11.7 Å². The lowest BCUT2D eigenvalue weighted by molar-refractivity contribution is 0.350. The largest absolute Gasteiger partial charge is 0.384 e. The number of hydrogen-bond acceptors (Lipinski definition) is 2. The summed E-state index contributed by atoms with van der Waals surface area (Å²) in [5.74, 6) is 4.26. The zero-order valence-corrected chi connectivity index (χ0v) is 6.71. The Hall–Kier alpha value is -1.84. The lowest BCUT2D eigenvalue weighted by atomic mass is 10.1. The molecule has 0 aliphatic heterocycles. The summed E-state index contributed by atoms with van der Waals surface area (Å²) in [7, 11) is 0. The van der Waals surface area contributed by atoms with E-state index in [1.807, 2.05) is 0 Å². The molecule has 1 rings (SSSR count). The van der Waals surface area contributed by atoms with Gasteiger partial charge in [0.25, 0.3) is 0 Å². The summed E-state index contributed by atoms with van der Waals surface area (Å²) in [4.78, 5) is 0. The van der Waals surface area contributed by atoms with E-state index >= 15 is 0 Å². The van der Waals surface area contributed by atoms with Crippen LogP contribution in [0.3, 0.4) is 0 Å². The van der Waals surface area contributed by atoms with Crippen molar-refractivity contribution >= 4 is 0 Å². The molecule has 1 N–H and O–H groups in total. The van der Waals surface area contributed by atoms with E-state index in [2.05, 4.69) is 11.8 Å². The minimum absolute atomic E-state index is 0.0801. The molecule has 0 saturated carbocycles. The van der Waals surface area contributed by atoms with Gasteiger partial charge in [-0.25, -0.2) is 4.39 Å². The molecule has 0 aliphatic carbocycles. The Morgan fingerprint density at radius 2 is 2.23 bits per heavy atom. The molecule has 0 heterocycles. The second kappa shape index (κ2) is 4.25. The van der Waals surface area contributed by atoms with Crippen molar-refractivity contribution in [1.82, 2.24) is 0 Å². The lowest BCUT2D eigenvalue weighted by Crippen LogP contribution is -1.88. The van der Waals surface area contributed by atoms with Crippen molar-refractivity contribution in [3.8, 4) is 17.9 Å². The molecule has 0 bridgehead atoms. The van der Waals surface area contributed by atoms with Gasteiger partial charge in [-0.05, 0) is 12.1 Å². The van der Waals surface area contributed by atoms with E-state index in [9.17, 15) is 4.39 Å². The van der Waals surface area contributed by atoms with Crippen LogP contribution in [0.1, 0.15) is 11.1 Å². The van der Waals surface area contributed by atoms with Gasteiger partial charge in [0.05, 0.1) is 0 Å². The fourth-order valence-electron chi connectivity index (χ4n) is 0.877. The Morgan fingerprint density at radius 3 is 2.85 bits per heavy atom. The van der Waals surface area contributed by atoms with Crippen molar-refractivity contribution in [2.45, 2.75) is 0 Å². The van der Waals surface area contributed by atoms with E-state index in [1.54, 1.807) is 6.07 Å². The molecule has 2 nitrogen and oxygen atoms in total. The van der Waals surface area contributed by atoms with Gasteiger partial charge in [-0.3, -0.25) is 0 Å². The monoisotopic (exact) mass is 175 g/mol. The van der Waals surface area contributed by atoms with Crippen LogP contribution in [0.15, 0.2) is 18.2 Å². The van der Waals surface area contributed by atoms with Crippen molar-refractivity contribution in [1.29, 1.82) is 5.26 Å². The summed E-state index contributed by atoms with van der Waals surface area (Å²) >= 11 is 0. The van der Waals surface area contributed by atoms with E-state index in [-0.39, 0.29) is 12.2 Å². The third-order valence-electron chi connectivity index (χ3n) is 1.43. The number of nitrogens with zero attached hydrogens (tertiary/aromatic N) is 1. The molecule has 0 fully saturated rings. The minimum Gasteiger partial charge on any atom is -0.384 e. The average Bonchev–Trinajstić information content (AvgIpc) is 2.15. The molecule has 0 spiro atoms. The highest BCUT2D eigenvalue weighted by molar-refractivity contribution is 5.48. The van der Waals surface area contributed by atoms with Gasteiger partial charge in [0, 0.05) is 5.56 Å². The fourth-order valence-corrected chi connectivity index (χ4v) is 0.877. The SMILES string of the molecule is N#Cc1c(F)cccc1C#CCO. The second-order valence-corrected chi connectivity index (χ2v) is 2.23. The van der Waals surface area contributed by atoms with Crippen molar-refractivity contribution in [2.24, 2.45) is 0 Å². The van der Waals surface area contributed by atoms with Gasteiger partial charge in [-0.15, -0.1) is 0 Å². The Morgan fingerprint density at radius 1 is 1.46 bits per heavy atom. The zero-order valence-electron chi connectivity index (χ0n) is 6.71. The van der Waals surface area contributed by atoms with Crippen LogP contribution in [0, 0.1) is 29.0 Å². The second-order valence-electron chi connectivity index (χ2n) is 2.23. The molecular weight excluding hydrogens is 169 g/mol. The molecule has 0 unspecified atom stereocenters. The summed E-state index contributed by atoms with van der Waals surface area (Å²) in [5.41, 5.74) is 0.222. The maximum atomic E-state index is 12.9. The first-order valence-corrected chi connectivity index (χ1v) is 3.58. The molecule has 0 amide bonds. The first kappa shape index (κ1) is 9.25. The fraction of sp³-hybridized carbons (Fsp3) is 0.100. The molecule has 0 aliphatic rings. The Bertz CT molecular complexity index is 409. The third kappa shape index (κ3) is 2.05. The Kier molecular flexibility index (Phi) is 3.03. The van der Waals surface area contributed by atoms with Crippen molar-refractivity contribution in [2.75, 3.05) is 6.61 Å². The molecule has 64 valence electrons. The standard InChI is InChI=1S/C10H6FNO/c11-10-5-1-3-8(4-2-6-13)9(10)7-12/h1,3,5,13H,6H2. The smallest absolute Gasteiger partial charge is 0.142 e. The van der Waals surface area contributed by atoms with Gasteiger partial charge in [-0.2, -0.15) is 5.26 Å². The molecule has 0 radical (unpaired) electrons. The molecular formula is C10H6FNO. The Balaban J connectivity index is 3.22. The normalized spacial score (nSPS) is 8.38. The maximum Gasteiger partial charge on any atom is 0.142 e. The van der Waals surface area contributed by atoms with Gasteiger partial charge < -0.3 is 5.11 Å². The van der Waals surface area contributed by atoms with E-state index in [4.69, 9.17) is 10.4 Å². The van der Waals surface area contributed by atoms with Gasteiger partial charge >= 0.3 is 0 Å². The molecule has 3 heteroatoms. The highest BCUT2D eigenvalue weighted by Gasteiger charge is 2.04. The number of aliphatic hydroxyl groups is 1. The molecule has 0 aromatic heterocycles. The first-order chi connectivity index (χ1) is 6.29. The molecule has 0 saturated heterocycles. The number of nitriles is 1. The van der Waals surface area contributed by atoms with Crippen molar-refractivity contribution in [3.05, 3.63) is 35.1 Å². The number of rotatable bonds is 0. The van der Waals surface area contributed by atoms with Crippen LogP contribution in [-0.2, 0) is 0 Å². The summed E-state index contributed by atoms with van der Waals surface area (Å²) in [6.45, 7) is -0.304. The summed E-state index contributed by atoms with van der Waals surface area (Å²) in [6.07, 6.45) is 0. The molecule has 0 atom stereocenters. The molecule has 1 aromatic carbocycles.